The molecule has 2 saturated heterocycles. The van der Waals surface area contributed by atoms with Crippen molar-refractivity contribution >= 4 is 5.91 Å². The number of nitrogens with zero attached hydrogens (tertiary/aromatic N) is 6. The Balaban J connectivity index is 1.58. The van der Waals surface area contributed by atoms with Crippen LogP contribution in [0, 0.1) is 0 Å². The van der Waals surface area contributed by atoms with Crippen molar-refractivity contribution in [3.8, 4) is 5.82 Å². The van der Waals surface area contributed by atoms with Crippen LogP contribution >= 0.6 is 0 Å². The maximum Gasteiger partial charge on any atom is 0.254 e. The maximum atomic E-state index is 13.1. The Morgan fingerprint density at radius 3 is 2.79 bits per heavy atom. The van der Waals surface area contributed by atoms with Crippen LogP contribution in [-0.4, -0.2) is 67.7 Å². The monoisotopic (exact) mass is 326 g/mol. The summed E-state index contributed by atoms with van der Waals surface area (Å²) in [6, 6.07) is 4.41. The fourth-order valence-electron chi connectivity index (χ4n) is 4.04. The molecule has 1 amide bonds. The molecule has 7 nitrogen and oxygen atoms in total. The summed E-state index contributed by atoms with van der Waals surface area (Å²) in [4.78, 5) is 25.8. The van der Waals surface area contributed by atoms with Crippen LogP contribution in [-0.2, 0) is 0 Å². The van der Waals surface area contributed by atoms with Crippen molar-refractivity contribution < 1.29 is 4.79 Å². The summed E-state index contributed by atoms with van der Waals surface area (Å²) in [5.41, 5.74) is 0.669. The number of likely N-dealkylation sites (tertiary alicyclic amines) is 2. The number of hydrogen-bond acceptors (Lipinski definition) is 5. The number of carbonyl (C=O) groups excluding carboxylic acids is 1. The van der Waals surface area contributed by atoms with E-state index in [4.69, 9.17) is 0 Å². The summed E-state index contributed by atoms with van der Waals surface area (Å²) in [7, 11) is 2.17. The number of rotatable bonds is 3. The van der Waals surface area contributed by atoms with Crippen LogP contribution in [0.2, 0.25) is 0 Å². The van der Waals surface area contributed by atoms with Gasteiger partial charge >= 0.3 is 0 Å². The molecule has 0 bridgehead atoms. The molecular formula is C17H22N6O. The number of carbonyl (C=O) groups is 1. The summed E-state index contributed by atoms with van der Waals surface area (Å²) in [5, 5.41) is 4.08. The molecule has 2 atom stereocenters. The number of amides is 1. The molecular weight excluding hydrogens is 304 g/mol. The maximum absolute atomic E-state index is 13.1. The lowest BCUT2D eigenvalue weighted by atomic mass is 10.0. The molecule has 0 radical (unpaired) electrons. The first kappa shape index (κ1) is 15.3. The molecule has 24 heavy (non-hydrogen) atoms. The topological polar surface area (TPSA) is 67.2 Å². The van der Waals surface area contributed by atoms with Gasteiger partial charge in [-0.05, 0) is 51.4 Å². The van der Waals surface area contributed by atoms with E-state index in [-0.39, 0.29) is 5.91 Å². The number of hydrogen-bond donors (Lipinski definition) is 0. The number of pyridine rings is 1. The first-order valence-corrected chi connectivity index (χ1v) is 8.56. The van der Waals surface area contributed by atoms with Crippen molar-refractivity contribution in [2.24, 2.45) is 0 Å². The minimum Gasteiger partial charge on any atom is -0.334 e. The molecule has 4 heterocycles. The summed E-state index contributed by atoms with van der Waals surface area (Å²) in [5.74, 6) is 0.716. The normalized spacial score (nSPS) is 24.6. The fraction of sp³-hybridized carbons (Fsp3) is 0.529. The zero-order valence-electron chi connectivity index (χ0n) is 13.9. The quantitative estimate of drug-likeness (QED) is 0.852. The van der Waals surface area contributed by atoms with Gasteiger partial charge in [-0.3, -0.25) is 4.79 Å². The zero-order valence-corrected chi connectivity index (χ0v) is 13.9. The van der Waals surface area contributed by atoms with Crippen LogP contribution in [0.3, 0.4) is 0 Å². The van der Waals surface area contributed by atoms with Gasteiger partial charge in [-0.25, -0.2) is 14.6 Å². The third kappa shape index (κ3) is 2.69. The molecule has 0 aromatic carbocycles. The van der Waals surface area contributed by atoms with Crippen LogP contribution in [0.5, 0.6) is 0 Å². The molecule has 2 aliphatic heterocycles. The first-order chi connectivity index (χ1) is 11.7. The third-order valence-corrected chi connectivity index (χ3v) is 5.23. The number of aromatic nitrogens is 4. The molecule has 2 aliphatic rings. The van der Waals surface area contributed by atoms with Crippen LogP contribution in [0.15, 0.2) is 31.0 Å². The van der Waals surface area contributed by atoms with Gasteiger partial charge < -0.3 is 9.80 Å². The van der Waals surface area contributed by atoms with Crippen LogP contribution in [0.4, 0.5) is 0 Å². The molecule has 2 fully saturated rings. The van der Waals surface area contributed by atoms with Crippen molar-refractivity contribution in [2.45, 2.75) is 37.8 Å². The second-order valence-electron chi connectivity index (χ2n) is 6.64. The second-order valence-corrected chi connectivity index (χ2v) is 6.64. The van der Waals surface area contributed by atoms with Crippen molar-refractivity contribution in [3.05, 3.63) is 36.5 Å². The SMILES string of the molecule is CN1CCC[C@@H]1[C@@H]1CCCN1C(=O)c1ccnc(-n2cncn2)c1. The van der Waals surface area contributed by atoms with Crippen LogP contribution in [0.1, 0.15) is 36.0 Å². The van der Waals surface area contributed by atoms with Gasteiger partial charge in [-0.1, -0.05) is 0 Å². The molecule has 7 heteroatoms. The molecule has 0 unspecified atom stereocenters. The molecule has 0 saturated carbocycles. The molecule has 2 aromatic heterocycles. The van der Waals surface area contributed by atoms with Gasteiger partial charge in [0.25, 0.3) is 5.91 Å². The lowest BCUT2D eigenvalue weighted by Crippen LogP contribution is -2.47. The van der Waals surface area contributed by atoms with Gasteiger partial charge in [0.05, 0.1) is 0 Å². The first-order valence-electron chi connectivity index (χ1n) is 8.56. The van der Waals surface area contributed by atoms with Crippen molar-refractivity contribution in [1.29, 1.82) is 0 Å². The highest BCUT2D eigenvalue weighted by atomic mass is 16.2. The summed E-state index contributed by atoms with van der Waals surface area (Å²) in [6.45, 7) is 1.98. The molecule has 0 spiro atoms. The Morgan fingerprint density at radius 1 is 1.21 bits per heavy atom. The second kappa shape index (κ2) is 6.32. The van der Waals surface area contributed by atoms with Gasteiger partial charge in [-0.2, -0.15) is 5.10 Å². The average Bonchev–Trinajstić information content (AvgIpc) is 3.35. The largest absolute Gasteiger partial charge is 0.334 e. The molecule has 4 rings (SSSR count). The highest BCUT2D eigenvalue weighted by Gasteiger charge is 2.38. The van der Waals surface area contributed by atoms with Crippen LogP contribution < -0.4 is 0 Å². The minimum atomic E-state index is 0.0987. The fourth-order valence-corrected chi connectivity index (χ4v) is 4.04. The van der Waals surface area contributed by atoms with Gasteiger partial charge in [-0.15, -0.1) is 0 Å². The van der Waals surface area contributed by atoms with E-state index in [1.54, 1.807) is 29.3 Å². The smallest absolute Gasteiger partial charge is 0.254 e. The summed E-state index contributed by atoms with van der Waals surface area (Å²) < 4.78 is 1.57. The molecule has 0 aliphatic carbocycles. The van der Waals surface area contributed by atoms with E-state index in [1.807, 2.05) is 0 Å². The lowest BCUT2D eigenvalue weighted by Gasteiger charge is -2.33. The van der Waals surface area contributed by atoms with Gasteiger partial charge in [0.2, 0.25) is 0 Å². The van der Waals surface area contributed by atoms with E-state index in [0.717, 1.165) is 25.9 Å². The Bertz CT molecular complexity index is 716. The Kier molecular flexibility index (Phi) is 4.02. The van der Waals surface area contributed by atoms with Crippen molar-refractivity contribution in [1.82, 2.24) is 29.5 Å². The zero-order chi connectivity index (χ0) is 16.5. The number of likely N-dealkylation sites (N-methyl/N-ethyl adjacent to an activating group) is 1. The minimum absolute atomic E-state index is 0.0987. The van der Waals surface area contributed by atoms with Crippen molar-refractivity contribution in [3.63, 3.8) is 0 Å². The Morgan fingerprint density at radius 2 is 2.04 bits per heavy atom. The molecule has 2 aromatic rings. The average molecular weight is 326 g/mol. The van der Waals surface area contributed by atoms with Gasteiger partial charge in [0.1, 0.15) is 12.7 Å². The van der Waals surface area contributed by atoms with E-state index in [1.165, 1.54) is 19.2 Å². The standard InChI is InChI=1S/C17H22N6O/c1-21-8-2-4-14(21)15-5-3-9-22(15)17(24)13-6-7-19-16(10-13)23-12-18-11-20-23/h6-7,10-12,14-15H,2-5,8-9H2,1H3/t14-,15+/m1/s1. The predicted molar refractivity (Wildman–Crippen MR) is 88.9 cm³/mol. The molecule has 0 N–H and O–H groups in total. The predicted octanol–water partition coefficient (Wildman–Crippen LogP) is 1.36. The third-order valence-electron chi connectivity index (χ3n) is 5.23. The van der Waals surface area contributed by atoms with Gasteiger partial charge in [0.15, 0.2) is 5.82 Å². The van der Waals surface area contributed by atoms with Crippen LogP contribution in [0.25, 0.3) is 5.82 Å². The summed E-state index contributed by atoms with van der Waals surface area (Å²) >= 11 is 0. The Labute approximate surface area is 141 Å². The lowest BCUT2D eigenvalue weighted by molar-refractivity contribution is 0.0664. The van der Waals surface area contributed by atoms with Crippen molar-refractivity contribution in [2.75, 3.05) is 20.1 Å². The summed E-state index contributed by atoms with van der Waals surface area (Å²) in [6.07, 6.45) is 9.31. The highest BCUT2D eigenvalue weighted by molar-refractivity contribution is 5.95. The van der Waals surface area contributed by atoms with Gasteiger partial charge in [0, 0.05) is 30.4 Å². The van der Waals surface area contributed by atoms with E-state index < -0.39 is 0 Å². The Hall–Kier alpha value is -2.28. The van der Waals surface area contributed by atoms with E-state index in [9.17, 15) is 4.79 Å². The highest BCUT2D eigenvalue weighted by Crippen LogP contribution is 2.30. The molecule has 126 valence electrons. The van der Waals surface area contributed by atoms with E-state index in [0.29, 0.717) is 23.5 Å². The van der Waals surface area contributed by atoms with E-state index in [2.05, 4.69) is 31.9 Å². The van der Waals surface area contributed by atoms with E-state index >= 15 is 0 Å².